The maximum atomic E-state index is 13.2. The molecule has 2 atom stereocenters. The van der Waals surface area contributed by atoms with Gasteiger partial charge in [-0.25, -0.2) is 9.37 Å². The van der Waals surface area contributed by atoms with Crippen molar-refractivity contribution in [1.82, 2.24) is 15.6 Å². The van der Waals surface area contributed by atoms with Gasteiger partial charge in [-0.3, -0.25) is 4.79 Å². The third kappa shape index (κ3) is 5.11. The highest BCUT2D eigenvalue weighted by Crippen LogP contribution is 2.22. The van der Waals surface area contributed by atoms with Gasteiger partial charge in [0, 0.05) is 13.2 Å². The molecule has 6 nitrogen and oxygen atoms in total. The van der Waals surface area contributed by atoms with Gasteiger partial charge in [0.25, 0.3) is 5.91 Å². The van der Waals surface area contributed by atoms with Gasteiger partial charge in [0.05, 0.1) is 24.4 Å². The summed E-state index contributed by atoms with van der Waals surface area (Å²) < 4.78 is 18.4. The molecule has 0 radical (unpaired) electrons. The third-order valence-corrected chi connectivity index (χ3v) is 5.33. The minimum Gasteiger partial charge on any atom is -0.389 e. The number of nitrogens with zero attached hydrogens (tertiary/aromatic N) is 1. The lowest BCUT2D eigenvalue weighted by atomic mass is 9.94. The van der Waals surface area contributed by atoms with Crippen molar-refractivity contribution in [1.29, 1.82) is 0 Å². The number of pyridine rings is 1. The van der Waals surface area contributed by atoms with Gasteiger partial charge in [0.1, 0.15) is 11.5 Å². The molecule has 1 amide bonds. The average molecular weight is 422 g/mol. The Hall–Kier alpha value is -2.06. The molecular formula is C21H25ClFN3O3. The van der Waals surface area contributed by atoms with Crippen molar-refractivity contribution in [3.8, 4) is 0 Å². The number of hydrogen-bond donors (Lipinski definition) is 3. The largest absolute Gasteiger partial charge is 0.389 e. The van der Waals surface area contributed by atoms with Gasteiger partial charge in [-0.05, 0) is 60.7 Å². The maximum Gasteiger partial charge on any atom is 0.270 e. The molecule has 2 aliphatic heterocycles. The Bertz CT molecular complexity index is 863. The molecule has 2 aromatic rings. The summed E-state index contributed by atoms with van der Waals surface area (Å²) in [5, 5.41) is 16.2. The van der Waals surface area contributed by atoms with Crippen LogP contribution in [0.3, 0.4) is 0 Å². The minimum atomic E-state index is -0.712. The van der Waals surface area contributed by atoms with E-state index in [9.17, 15) is 14.3 Å². The summed E-state index contributed by atoms with van der Waals surface area (Å²) >= 11 is 0. The number of benzene rings is 1. The number of halogens is 2. The van der Waals surface area contributed by atoms with Crippen LogP contribution in [0.25, 0.3) is 0 Å². The molecular weight excluding hydrogens is 397 g/mol. The summed E-state index contributed by atoms with van der Waals surface area (Å²) in [4.78, 5) is 17.4. The molecule has 0 bridgehead atoms. The van der Waals surface area contributed by atoms with Gasteiger partial charge in [0.2, 0.25) is 0 Å². The Morgan fingerprint density at radius 3 is 2.90 bits per heavy atom. The number of amides is 1. The standard InChI is InChI=1S/C21H24FN3O3.ClH/c22-15-3-1-13(2-4-15)9-14-10-18(24-19-11-23-7-5-16(14)19)21(27)25-17-6-8-28-12-20(17)26;/h1-4,10,17,20,23,26H,5-9,11-12H2,(H,25,27);1H/t17-,20-;/m1./s1. The second-order valence-corrected chi connectivity index (χ2v) is 7.33. The molecule has 3 N–H and O–H groups in total. The zero-order chi connectivity index (χ0) is 19.5. The Labute approximate surface area is 175 Å². The normalized spacial score (nSPS) is 21.0. The Morgan fingerprint density at radius 1 is 1.34 bits per heavy atom. The first kappa shape index (κ1) is 21.6. The maximum absolute atomic E-state index is 13.2. The molecule has 1 aromatic heterocycles. The molecule has 3 heterocycles. The van der Waals surface area contributed by atoms with E-state index in [0.717, 1.165) is 35.3 Å². The van der Waals surface area contributed by atoms with Crippen LogP contribution in [0.2, 0.25) is 0 Å². The average Bonchev–Trinajstić information content (AvgIpc) is 2.71. The van der Waals surface area contributed by atoms with E-state index < -0.39 is 6.10 Å². The number of hydrogen-bond acceptors (Lipinski definition) is 5. The highest BCUT2D eigenvalue weighted by atomic mass is 35.5. The van der Waals surface area contributed by atoms with Crippen LogP contribution >= 0.6 is 12.4 Å². The smallest absolute Gasteiger partial charge is 0.270 e. The second kappa shape index (κ2) is 9.63. The third-order valence-electron chi connectivity index (χ3n) is 5.33. The zero-order valence-electron chi connectivity index (χ0n) is 16.0. The molecule has 1 fully saturated rings. The summed E-state index contributed by atoms with van der Waals surface area (Å²) in [6.45, 7) is 2.22. The van der Waals surface area contributed by atoms with Gasteiger partial charge < -0.3 is 20.5 Å². The summed E-state index contributed by atoms with van der Waals surface area (Å²) in [5.41, 5.74) is 4.41. The number of ether oxygens (including phenoxy) is 1. The topological polar surface area (TPSA) is 83.5 Å². The van der Waals surface area contributed by atoms with E-state index in [1.165, 1.54) is 12.1 Å². The van der Waals surface area contributed by atoms with E-state index in [-0.39, 0.29) is 36.8 Å². The lowest BCUT2D eigenvalue weighted by molar-refractivity contribution is -0.0261. The van der Waals surface area contributed by atoms with E-state index >= 15 is 0 Å². The number of carbonyl (C=O) groups is 1. The fourth-order valence-electron chi connectivity index (χ4n) is 3.78. The number of aliphatic hydroxyl groups is 1. The van der Waals surface area contributed by atoms with E-state index in [1.54, 1.807) is 12.1 Å². The quantitative estimate of drug-likeness (QED) is 0.700. The highest BCUT2D eigenvalue weighted by Gasteiger charge is 2.27. The van der Waals surface area contributed by atoms with Gasteiger partial charge in [-0.1, -0.05) is 12.1 Å². The van der Waals surface area contributed by atoms with Gasteiger partial charge in [0.15, 0.2) is 0 Å². The van der Waals surface area contributed by atoms with Crippen LogP contribution in [0.15, 0.2) is 30.3 Å². The predicted molar refractivity (Wildman–Crippen MR) is 109 cm³/mol. The monoisotopic (exact) mass is 421 g/mol. The predicted octanol–water partition coefficient (Wildman–Crippen LogP) is 1.76. The van der Waals surface area contributed by atoms with Crippen LogP contribution in [0.4, 0.5) is 4.39 Å². The molecule has 4 rings (SSSR count). The van der Waals surface area contributed by atoms with Crippen molar-refractivity contribution >= 4 is 18.3 Å². The van der Waals surface area contributed by atoms with Gasteiger partial charge >= 0.3 is 0 Å². The molecule has 2 aliphatic rings. The Morgan fingerprint density at radius 2 is 2.14 bits per heavy atom. The van der Waals surface area contributed by atoms with Crippen LogP contribution in [0.1, 0.15) is 39.3 Å². The van der Waals surface area contributed by atoms with Crippen molar-refractivity contribution < 1.29 is 19.0 Å². The molecule has 0 spiro atoms. The summed E-state index contributed by atoms with van der Waals surface area (Å²) in [5.74, 6) is -0.556. The van der Waals surface area contributed by atoms with Crippen molar-refractivity contribution in [2.45, 2.75) is 38.0 Å². The van der Waals surface area contributed by atoms with Crippen molar-refractivity contribution in [3.05, 3.63) is 64.2 Å². The van der Waals surface area contributed by atoms with E-state index in [0.29, 0.717) is 31.7 Å². The summed E-state index contributed by atoms with van der Waals surface area (Å²) in [6, 6.07) is 7.92. The number of aliphatic hydroxyl groups excluding tert-OH is 1. The molecule has 1 aromatic carbocycles. The number of nitrogens with one attached hydrogen (secondary N) is 2. The second-order valence-electron chi connectivity index (χ2n) is 7.33. The number of carbonyl (C=O) groups excluding carboxylic acids is 1. The Balaban J connectivity index is 0.00000240. The van der Waals surface area contributed by atoms with Gasteiger partial charge in [-0.15, -0.1) is 12.4 Å². The van der Waals surface area contributed by atoms with Crippen molar-refractivity contribution in [2.75, 3.05) is 19.8 Å². The molecule has 156 valence electrons. The lowest BCUT2D eigenvalue weighted by Crippen LogP contribution is -2.49. The van der Waals surface area contributed by atoms with Crippen molar-refractivity contribution in [3.63, 3.8) is 0 Å². The van der Waals surface area contributed by atoms with Crippen LogP contribution in [0, 0.1) is 5.82 Å². The first-order valence-electron chi connectivity index (χ1n) is 9.63. The van der Waals surface area contributed by atoms with E-state index in [2.05, 4.69) is 15.6 Å². The number of rotatable bonds is 4. The molecule has 0 unspecified atom stereocenters. The molecule has 0 aliphatic carbocycles. The van der Waals surface area contributed by atoms with Crippen molar-refractivity contribution in [2.24, 2.45) is 0 Å². The molecule has 8 heteroatoms. The highest BCUT2D eigenvalue weighted by molar-refractivity contribution is 5.93. The summed E-state index contributed by atoms with van der Waals surface area (Å²) in [6.07, 6.45) is 1.32. The van der Waals surface area contributed by atoms with Crippen LogP contribution in [-0.4, -0.2) is 47.9 Å². The molecule has 0 saturated carbocycles. The summed E-state index contributed by atoms with van der Waals surface area (Å²) in [7, 11) is 0. The Kier molecular flexibility index (Phi) is 7.18. The minimum absolute atomic E-state index is 0. The fourth-order valence-corrected chi connectivity index (χ4v) is 3.78. The van der Waals surface area contributed by atoms with Gasteiger partial charge in [-0.2, -0.15) is 0 Å². The van der Waals surface area contributed by atoms with Crippen LogP contribution < -0.4 is 10.6 Å². The van der Waals surface area contributed by atoms with E-state index in [4.69, 9.17) is 4.74 Å². The molecule has 29 heavy (non-hydrogen) atoms. The number of aromatic nitrogens is 1. The fraction of sp³-hybridized carbons (Fsp3) is 0.429. The van der Waals surface area contributed by atoms with Crippen LogP contribution in [-0.2, 0) is 24.1 Å². The molecule has 1 saturated heterocycles. The zero-order valence-corrected chi connectivity index (χ0v) is 16.8. The van der Waals surface area contributed by atoms with E-state index in [1.807, 2.05) is 6.07 Å². The number of fused-ring (bicyclic) bond motifs is 1. The first-order valence-corrected chi connectivity index (χ1v) is 9.63. The first-order chi connectivity index (χ1) is 13.6. The lowest BCUT2D eigenvalue weighted by Gasteiger charge is -2.28. The SMILES string of the molecule is Cl.O=C(N[C@@H]1CCOC[C@H]1O)c1cc(Cc2ccc(F)cc2)c2c(n1)CNCC2. The van der Waals surface area contributed by atoms with Crippen LogP contribution in [0.5, 0.6) is 0 Å².